The van der Waals surface area contributed by atoms with E-state index in [9.17, 15) is 22.8 Å². The monoisotopic (exact) mass is 540 g/mol. The molecule has 3 aliphatic rings. The van der Waals surface area contributed by atoms with E-state index in [1.807, 2.05) is 18.2 Å². The summed E-state index contributed by atoms with van der Waals surface area (Å²) < 4.78 is 31.2. The molecule has 0 aliphatic carbocycles. The molecule has 2 aromatic rings. The van der Waals surface area contributed by atoms with E-state index in [1.165, 1.54) is 15.5 Å². The smallest absolute Gasteiger partial charge is 0.255 e. The molecular formula is C27H32N4O6S. The number of piperidine rings is 1. The van der Waals surface area contributed by atoms with Gasteiger partial charge < -0.3 is 9.64 Å². The highest BCUT2D eigenvalue weighted by Gasteiger charge is 2.40. The van der Waals surface area contributed by atoms with Crippen molar-refractivity contribution in [1.82, 2.24) is 19.4 Å². The molecule has 0 unspecified atom stereocenters. The maximum absolute atomic E-state index is 13.0. The Morgan fingerprint density at radius 1 is 1.03 bits per heavy atom. The molecule has 10 nitrogen and oxygen atoms in total. The number of imide groups is 1. The summed E-state index contributed by atoms with van der Waals surface area (Å²) >= 11 is 0. The second kappa shape index (κ2) is 10.5. The normalized spacial score (nSPS) is 21.8. The molecule has 0 aromatic heterocycles. The molecule has 2 saturated heterocycles. The van der Waals surface area contributed by atoms with Gasteiger partial charge in [-0.1, -0.05) is 30.3 Å². The maximum Gasteiger partial charge on any atom is 0.255 e. The van der Waals surface area contributed by atoms with Crippen molar-refractivity contribution in [2.75, 3.05) is 32.4 Å². The second-order valence-electron chi connectivity index (χ2n) is 10.1. The number of piperazine rings is 1. The minimum atomic E-state index is -3.15. The van der Waals surface area contributed by atoms with Gasteiger partial charge in [0.2, 0.25) is 21.8 Å². The summed E-state index contributed by atoms with van der Waals surface area (Å²) in [5.41, 5.74) is 3.40. The van der Waals surface area contributed by atoms with Crippen LogP contribution in [0.25, 0.3) is 0 Å². The minimum absolute atomic E-state index is 0.161. The van der Waals surface area contributed by atoms with E-state index in [2.05, 4.69) is 29.3 Å². The van der Waals surface area contributed by atoms with Crippen LogP contribution in [0.3, 0.4) is 0 Å². The number of carbonyl (C=O) groups excluding carboxylic acids is 3. The van der Waals surface area contributed by atoms with Crippen LogP contribution in [0.15, 0.2) is 42.5 Å². The van der Waals surface area contributed by atoms with Crippen LogP contribution in [-0.4, -0.2) is 78.7 Å². The maximum atomic E-state index is 13.0. The molecule has 0 bridgehead atoms. The summed E-state index contributed by atoms with van der Waals surface area (Å²) in [4.78, 5) is 40.7. The van der Waals surface area contributed by atoms with Gasteiger partial charge in [-0.3, -0.25) is 24.6 Å². The van der Waals surface area contributed by atoms with Crippen molar-refractivity contribution < 1.29 is 27.5 Å². The highest BCUT2D eigenvalue weighted by atomic mass is 32.2. The number of nitrogens with one attached hydrogen (secondary N) is 1. The van der Waals surface area contributed by atoms with Crippen LogP contribution in [0.2, 0.25) is 0 Å². The van der Waals surface area contributed by atoms with Crippen molar-refractivity contribution in [3.8, 4) is 5.75 Å². The van der Waals surface area contributed by atoms with Gasteiger partial charge in [0, 0.05) is 49.8 Å². The summed E-state index contributed by atoms with van der Waals surface area (Å²) in [5.74, 6) is -0.367. The van der Waals surface area contributed by atoms with Crippen LogP contribution in [0, 0.1) is 0 Å². The van der Waals surface area contributed by atoms with E-state index in [4.69, 9.17) is 4.74 Å². The Kier molecular flexibility index (Phi) is 7.26. The number of hydrogen-bond acceptors (Lipinski definition) is 7. The molecular weight excluding hydrogens is 508 g/mol. The number of carbonyl (C=O) groups is 3. The van der Waals surface area contributed by atoms with Gasteiger partial charge in [-0.15, -0.1) is 0 Å². The fourth-order valence-electron chi connectivity index (χ4n) is 5.38. The van der Waals surface area contributed by atoms with Crippen molar-refractivity contribution in [3.63, 3.8) is 0 Å². The van der Waals surface area contributed by atoms with Gasteiger partial charge >= 0.3 is 0 Å². The van der Waals surface area contributed by atoms with Crippen LogP contribution in [0.4, 0.5) is 0 Å². The highest BCUT2D eigenvalue weighted by Crippen LogP contribution is 2.34. The predicted octanol–water partition coefficient (Wildman–Crippen LogP) is 1.66. The predicted molar refractivity (Wildman–Crippen MR) is 140 cm³/mol. The van der Waals surface area contributed by atoms with Crippen LogP contribution >= 0.6 is 0 Å². The van der Waals surface area contributed by atoms with Crippen molar-refractivity contribution in [2.24, 2.45) is 0 Å². The zero-order valence-corrected chi connectivity index (χ0v) is 22.4. The number of sulfonamides is 1. The first-order chi connectivity index (χ1) is 18.1. The van der Waals surface area contributed by atoms with E-state index in [1.54, 1.807) is 12.1 Å². The average Bonchev–Trinajstić information content (AvgIpc) is 3.23. The number of rotatable bonds is 7. The summed E-state index contributed by atoms with van der Waals surface area (Å²) in [6.07, 6.45) is 1.78. The number of fused-ring (bicyclic) bond motifs is 1. The summed E-state index contributed by atoms with van der Waals surface area (Å²) in [7, 11) is -3.15. The molecule has 5 rings (SSSR count). The van der Waals surface area contributed by atoms with E-state index in [0.29, 0.717) is 50.5 Å². The molecule has 38 heavy (non-hydrogen) atoms. The largest absolute Gasteiger partial charge is 0.489 e. The Bertz CT molecular complexity index is 1350. The van der Waals surface area contributed by atoms with Gasteiger partial charge in [0.25, 0.3) is 5.91 Å². The molecule has 0 radical (unpaired) electrons. The highest BCUT2D eigenvalue weighted by molar-refractivity contribution is 7.88. The van der Waals surface area contributed by atoms with Crippen molar-refractivity contribution in [3.05, 3.63) is 64.7 Å². The fraction of sp³-hybridized carbons (Fsp3) is 0.444. The standard InChI is InChI=1S/C27H32N4O6S/c1-18(29-12-14-30(15-13-29)38(2,35)36)20-8-6-19(7-9-20)17-37-24-5-3-4-21-22(24)16-31(27(21)34)23-10-11-25(32)28-26(23)33/h3-9,18,23H,10-17H2,1-2H3,(H,28,32,33)/t18-,23+/m1/s1. The average molecular weight is 541 g/mol. The van der Waals surface area contributed by atoms with Crippen molar-refractivity contribution >= 4 is 27.7 Å². The van der Waals surface area contributed by atoms with Crippen LogP contribution in [0.1, 0.15) is 52.9 Å². The molecule has 3 aliphatic heterocycles. The van der Waals surface area contributed by atoms with Gasteiger partial charge in [-0.05, 0) is 36.6 Å². The third-order valence-corrected chi connectivity index (χ3v) is 8.99. The third-order valence-electron chi connectivity index (χ3n) is 7.69. The van der Waals surface area contributed by atoms with E-state index >= 15 is 0 Å². The zero-order valence-electron chi connectivity index (χ0n) is 21.6. The number of nitrogens with zero attached hydrogens (tertiary/aromatic N) is 3. The SMILES string of the molecule is C[C@H](c1ccc(COc2cccc3c2CN([C@H]2CCC(=O)NC2=O)C3=O)cc1)N1CCN(S(C)(=O)=O)CC1. The van der Waals surface area contributed by atoms with Gasteiger partial charge in [0.05, 0.1) is 12.8 Å². The number of benzene rings is 2. The lowest BCUT2D eigenvalue weighted by Gasteiger charge is -2.37. The van der Waals surface area contributed by atoms with E-state index < -0.39 is 22.0 Å². The van der Waals surface area contributed by atoms with Gasteiger partial charge in [0.1, 0.15) is 18.4 Å². The molecule has 2 atom stereocenters. The number of amides is 3. The Hall–Kier alpha value is -3.28. The van der Waals surface area contributed by atoms with E-state index in [-0.39, 0.29) is 30.8 Å². The summed E-state index contributed by atoms with van der Waals surface area (Å²) in [5, 5.41) is 2.32. The summed E-state index contributed by atoms with van der Waals surface area (Å²) in [6, 6.07) is 13.0. The first-order valence-electron chi connectivity index (χ1n) is 12.8. The van der Waals surface area contributed by atoms with Gasteiger partial charge in [-0.25, -0.2) is 8.42 Å². The lowest BCUT2D eigenvalue weighted by Crippen LogP contribution is -2.52. The Balaban J connectivity index is 1.20. The van der Waals surface area contributed by atoms with Gasteiger partial charge in [-0.2, -0.15) is 4.31 Å². The molecule has 0 spiro atoms. The molecule has 1 N–H and O–H groups in total. The van der Waals surface area contributed by atoms with Crippen LogP contribution < -0.4 is 10.1 Å². The number of hydrogen-bond donors (Lipinski definition) is 1. The summed E-state index contributed by atoms with van der Waals surface area (Å²) in [6.45, 7) is 5.09. The first kappa shape index (κ1) is 26.3. The Labute approximate surface area is 222 Å². The topological polar surface area (TPSA) is 116 Å². The third kappa shape index (κ3) is 5.31. The fourth-order valence-corrected chi connectivity index (χ4v) is 6.21. The van der Waals surface area contributed by atoms with E-state index in [0.717, 1.165) is 16.7 Å². The first-order valence-corrected chi connectivity index (χ1v) is 14.6. The zero-order chi connectivity index (χ0) is 27.0. The van der Waals surface area contributed by atoms with Crippen molar-refractivity contribution in [2.45, 2.75) is 45.0 Å². The van der Waals surface area contributed by atoms with Crippen LogP contribution in [-0.2, 0) is 32.8 Å². The molecule has 3 amide bonds. The lowest BCUT2D eigenvalue weighted by molar-refractivity contribution is -0.136. The quantitative estimate of drug-likeness (QED) is 0.531. The molecule has 2 aromatic carbocycles. The van der Waals surface area contributed by atoms with Gasteiger partial charge in [0.15, 0.2) is 0 Å². The molecule has 202 valence electrons. The molecule has 3 heterocycles. The number of ether oxygens (including phenoxy) is 1. The molecule has 2 fully saturated rings. The molecule has 11 heteroatoms. The lowest BCUT2D eigenvalue weighted by atomic mass is 10.0. The minimum Gasteiger partial charge on any atom is -0.489 e. The molecule has 0 saturated carbocycles. The Morgan fingerprint density at radius 3 is 2.39 bits per heavy atom. The van der Waals surface area contributed by atoms with Crippen LogP contribution in [0.5, 0.6) is 5.75 Å². The Morgan fingerprint density at radius 2 is 1.74 bits per heavy atom. The second-order valence-corrected chi connectivity index (χ2v) is 12.1. The van der Waals surface area contributed by atoms with Crippen molar-refractivity contribution in [1.29, 1.82) is 0 Å².